The van der Waals surface area contributed by atoms with Gasteiger partial charge < -0.3 is 45.1 Å². The van der Waals surface area contributed by atoms with E-state index in [1.807, 2.05) is 6.08 Å². The van der Waals surface area contributed by atoms with Gasteiger partial charge in [-0.25, -0.2) is 0 Å². The summed E-state index contributed by atoms with van der Waals surface area (Å²) in [6, 6.07) is -1.05. The summed E-state index contributed by atoms with van der Waals surface area (Å²) in [4.78, 5) is 26.7. The zero-order valence-electron chi connectivity index (χ0n) is 56.3. The summed E-state index contributed by atoms with van der Waals surface area (Å²) in [5.74, 6) is -1.22. The minimum atomic E-state index is -1.62. The smallest absolute Gasteiger partial charge is 0.306 e. The van der Waals surface area contributed by atoms with Crippen molar-refractivity contribution in [3.8, 4) is 0 Å². The number of allylic oxidation sites excluding steroid dienone is 17. The van der Waals surface area contributed by atoms with E-state index in [2.05, 4.69) is 123 Å². The van der Waals surface area contributed by atoms with Gasteiger partial charge in [0, 0.05) is 6.42 Å². The molecule has 0 spiro atoms. The maximum atomic E-state index is 13.5. The van der Waals surface area contributed by atoms with Gasteiger partial charge in [0.05, 0.1) is 25.4 Å². The van der Waals surface area contributed by atoms with E-state index in [0.29, 0.717) is 12.8 Å². The lowest BCUT2D eigenvalue weighted by molar-refractivity contribution is -0.305. The fraction of sp³-hybridized carbons (Fsp3) is 0.740. The van der Waals surface area contributed by atoms with Gasteiger partial charge in [-0.05, 0) is 109 Å². The highest BCUT2D eigenvalue weighted by molar-refractivity contribution is 5.80. The normalized spacial score (nSPS) is 18.8. The first-order valence-corrected chi connectivity index (χ1v) is 36.2. The zero-order valence-corrected chi connectivity index (χ0v) is 56.3. The van der Waals surface area contributed by atoms with E-state index in [4.69, 9.17) is 14.2 Å². The van der Waals surface area contributed by atoms with Crippen LogP contribution in [0.3, 0.4) is 0 Å². The number of hydrogen-bond acceptors (Lipinski definition) is 10. The molecule has 11 nitrogen and oxygen atoms in total. The van der Waals surface area contributed by atoms with Gasteiger partial charge in [0.2, 0.25) is 5.91 Å². The molecule has 11 heteroatoms. The van der Waals surface area contributed by atoms with Crippen LogP contribution in [0.15, 0.2) is 109 Å². The summed E-state index contributed by atoms with van der Waals surface area (Å²) < 4.78 is 17.7. The minimum Gasteiger partial charge on any atom is -0.454 e. The number of ether oxygens (including phenoxy) is 3. The highest BCUT2D eigenvalue weighted by Crippen LogP contribution is 2.26. The Hall–Kier alpha value is -3.68. The highest BCUT2D eigenvalue weighted by atomic mass is 16.7. The third kappa shape index (κ3) is 50.0. The molecule has 0 aromatic heterocycles. The fourth-order valence-corrected chi connectivity index (χ4v) is 10.7. The topological polar surface area (TPSA) is 175 Å². The predicted molar refractivity (Wildman–Crippen MR) is 370 cm³/mol. The van der Waals surface area contributed by atoms with Crippen LogP contribution in [0.2, 0.25) is 0 Å². The van der Waals surface area contributed by atoms with Crippen LogP contribution < -0.4 is 5.32 Å². The molecule has 0 saturated carbocycles. The summed E-state index contributed by atoms with van der Waals surface area (Å²) in [6.45, 7) is 5.66. The minimum absolute atomic E-state index is 0.116. The summed E-state index contributed by atoms with van der Waals surface area (Å²) >= 11 is 0. The van der Waals surface area contributed by atoms with Gasteiger partial charge >= 0.3 is 5.97 Å². The first kappa shape index (κ1) is 82.3. The number of aliphatic hydroxyl groups excluding tert-OH is 5. The summed E-state index contributed by atoms with van der Waals surface area (Å²) in [5, 5.41) is 57.2. The van der Waals surface area contributed by atoms with Crippen LogP contribution in [-0.2, 0) is 23.8 Å². The van der Waals surface area contributed by atoms with Gasteiger partial charge in [-0.1, -0.05) is 297 Å². The van der Waals surface area contributed by atoms with Crippen LogP contribution in [-0.4, -0.2) is 99.6 Å². The van der Waals surface area contributed by atoms with Gasteiger partial charge in [0.1, 0.15) is 24.4 Å². The zero-order chi connectivity index (χ0) is 63.9. The van der Waals surface area contributed by atoms with Gasteiger partial charge in [-0.15, -0.1) is 0 Å². The van der Waals surface area contributed by atoms with Crippen molar-refractivity contribution in [2.24, 2.45) is 0 Å². The number of aliphatic hydroxyl groups is 5. The second-order valence-electron chi connectivity index (χ2n) is 24.6. The Kier molecular flexibility index (Phi) is 59.4. The molecule has 1 amide bonds. The number of rotatable bonds is 61. The van der Waals surface area contributed by atoms with E-state index in [1.165, 1.54) is 148 Å². The Morgan fingerprint density at radius 3 is 1.25 bits per heavy atom. The van der Waals surface area contributed by atoms with Crippen LogP contribution >= 0.6 is 0 Å². The first-order chi connectivity index (χ1) is 43.2. The first-order valence-electron chi connectivity index (χ1n) is 36.2. The molecular weight excluding hydrogens is 1100 g/mol. The summed E-state index contributed by atoms with van der Waals surface area (Å²) in [6.07, 6.45) is 77.0. The van der Waals surface area contributed by atoms with Crippen LogP contribution in [0.25, 0.3) is 0 Å². The largest absolute Gasteiger partial charge is 0.454 e. The van der Waals surface area contributed by atoms with Crippen molar-refractivity contribution in [2.45, 2.75) is 352 Å². The fourth-order valence-electron chi connectivity index (χ4n) is 10.7. The molecule has 1 aliphatic rings. The third-order valence-corrected chi connectivity index (χ3v) is 16.4. The lowest BCUT2D eigenvalue weighted by Gasteiger charge is -2.41. The van der Waals surface area contributed by atoms with Crippen molar-refractivity contribution < 1.29 is 49.3 Å². The number of unbranched alkanes of at least 4 members (excludes halogenated alkanes) is 31. The average Bonchev–Trinajstić information content (AvgIpc) is 2.54. The molecule has 1 aliphatic heterocycles. The molecule has 506 valence electrons. The van der Waals surface area contributed by atoms with E-state index in [9.17, 15) is 35.1 Å². The van der Waals surface area contributed by atoms with Crippen LogP contribution in [0.4, 0.5) is 0 Å². The van der Waals surface area contributed by atoms with E-state index in [1.54, 1.807) is 6.08 Å². The average molecular weight is 1230 g/mol. The number of carbonyl (C=O) groups is 2. The van der Waals surface area contributed by atoms with Crippen LogP contribution in [0, 0.1) is 0 Å². The van der Waals surface area contributed by atoms with E-state index in [0.717, 1.165) is 109 Å². The lowest BCUT2D eigenvalue weighted by atomic mass is 9.99. The number of esters is 1. The Balaban J connectivity index is 2.59. The Morgan fingerprint density at radius 1 is 0.455 bits per heavy atom. The van der Waals surface area contributed by atoms with Crippen molar-refractivity contribution in [1.29, 1.82) is 0 Å². The van der Waals surface area contributed by atoms with Crippen molar-refractivity contribution in [3.63, 3.8) is 0 Å². The maximum Gasteiger partial charge on any atom is 0.306 e. The highest BCUT2D eigenvalue weighted by Gasteiger charge is 2.47. The Bertz CT molecular complexity index is 1850. The van der Waals surface area contributed by atoms with E-state index in [-0.39, 0.29) is 19.4 Å². The Labute approximate surface area is 538 Å². The molecule has 0 aliphatic carbocycles. The summed E-state index contributed by atoms with van der Waals surface area (Å²) in [7, 11) is 0. The van der Waals surface area contributed by atoms with Gasteiger partial charge in [0.25, 0.3) is 0 Å². The maximum absolute atomic E-state index is 13.5. The quantitative estimate of drug-likeness (QED) is 0.0195. The molecule has 8 atom stereocenters. The van der Waals surface area contributed by atoms with E-state index >= 15 is 0 Å². The predicted octanol–water partition coefficient (Wildman–Crippen LogP) is 18.8. The molecule has 0 aromatic carbocycles. The Morgan fingerprint density at radius 2 is 0.818 bits per heavy atom. The molecule has 0 radical (unpaired) electrons. The molecule has 1 heterocycles. The van der Waals surface area contributed by atoms with Crippen molar-refractivity contribution >= 4 is 11.9 Å². The van der Waals surface area contributed by atoms with Gasteiger partial charge in [-0.3, -0.25) is 9.59 Å². The number of hydrogen-bond donors (Lipinski definition) is 6. The molecule has 6 N–H and O–H groups in total. The van der Waals surface area contributed by atoms with Crippen LogP contribution in [0.5, 0.6) is 0 Å². The monoisotopic (exact) mass is 1230 g/mol. The number of nitrogens with one attached hydrogen (secondary N) is 1. The molecule has 1 saturated heterocycles. The standard InChI is InChI=1S/C77H133NO10/c1-4-7-10-13-16-19-22-25-27-29-31-33-35-36-37-39-41-43-45-47-50-53-56-59-62-65-72(82)88-75-74(84)73(83)71(66-79)87-77(75)86-67-68(69(80)63-60-57-54-51-48-24-21-18-15-12-9-6-3)78-76(85)70(81)64-61-58-55-52-49-46-44-42-40-38-34-32-30-28-26-23-20-17-14-11-8-5-2/h8,11,16-17,19-20,25-28,32,34,40,42,46,49,60,63,68-71,73-75,77,79-81,83-84H,4-7,9-10,12-15,18,21-24,29-31,33,35-39,41,43-45,47-48,50-59,61-62,64-67H2,1-3H3,(H,78,85)/b11-8-,19-16-,20-17-,27-25-,28-26-,34-32-,42-40-,49-46-,63-60+. The molecule has 0 aromatic rings. The number of carbonyl (C=O) groups excluding carboxylic acids is 2. The molecule has 88 heavy (non-hydrogen) atoms. The number of amides is 1. The third-order valence-electron chi connectivity index (χ3n) is 16.4. The molecule has 1 rings (SSSR count). The van der Waals surface area contributed by atoms with Gasteiger partial charge in [-0.2, -0.15) is 0 Å². The molecule has 8 unspecified atom stereocenters. The van der Waals surface area contributed by atoms with Crippen molar-refractivity contribution in [3.05, 3.63) is 109 Å². The SMILES string of the molecule is CC/C=C\C/C=C\C/C=C\C/C=C\C/C=C\C/C=C\CCCCCC(O)C(=O)NC(COC1OC(CO)C(O)C(O)C1OC(=O)CCCCCCCCCCCCCCCCC/C=C\C/C=C\CCCCC)C(O)/C=C/CCCCCCCCCCCC. The van der Waals surface area contributed by atoms with Crippen molar-refractivity contribution in [2.75, 3.05) is 13.2 Å². The van der Waals surface area contributed by atoms with Crippen LogP contribution in [0.1, 0.15) is 303 Å². The summed E-state index contributed by atoms with van der Waals surface area (Å²) in [5.41, 5.74) is 0. The van der Waals surface area contributed by atoms with Gasteiger partial charge in [0.15, 0.2) is 12.4 Å². The molecule has 1 fully saturated rings. The molecular formula is C77H133NO10. The van der Waals surface area contributed by atoms with Crippen molar-refractivity contribution in [1.82, 2.24) is 5.32 Å². The molecule has 0 bridgehead atoms. The van der Waals surface area contributed by atoms with E-state index < -0.39 is 67.4 Å². The second-order valence-corrected chi connectivity index (χ2v) is 24.6. The second kappa shape index (κ2) is 63.5. The lowest BCUT2D eigenvalue weighted by Crippen LogP contribution is -2.61.